The van der Waals surface area contributed by atoms with Gasteiger partial charge in [-0.3, -0.25) is 0 Å². The highest BCUT2D eigenvalue weighted by Gasteiger charge is 2.43. The van der Waals surface area contributed by atoms with Gasteiger partial charge < -0.3 is 4.90 Å². The van der Waals surface area contributed by atoms with Crippen LogP contribution in [0.3, 0.4) is 0 Å². The molecule has 0 radical (unpaired) electrons. The topological polar surface area (TPSA) is 3.24 Å². The first-order valence-corrected chi connectivity index (χ1v) is 8.75. The van der Waals surface area contributed by atoms with Gasteiger partial charge in [-0.15, -0.1) is 0 Å². The second-order valence-electron chi connectivity index (χ2n) is 7.11. The van der Waals surface area contributed by atoms with Crippen molar-refractivity contribution >= 4 is 0 Å². The Labute approximate surface area is 138 Å². The van der Waals surface area contributed by atoms with E-state index in [1.807, 2.05) is 12.1 Å². The lowest BCUT2D eigenvalue weighted by Crippen LogP contribution is -2.38. The fourth-order valence-electron chi connectivity index (χ4n) is 4.68. The third kappa shape index (κ3) is 2.49. The molecule has 0 saturated carbocycles. The van der Waals surface area contributed by atoms with Crippen LogP contribution in [0.25, 0.3) is 0 Å². The number of aryl methyl sites for hydroxylation is 1. The van der Waals surface area contributed by atoms with E-state index in [2.05, 4.69) is 36.9 Å². The zero-order valence-corrected chi connectivity index (χ0v) is 13.9. The van der Waals surface area contributed by atoms with Crippen LogP contribution in [0.4, 0.5) is 4.39 Å². The molecule has 1 fully saturated rings. The molecular formula is C21H24FN. The first kappa shape index (κ1) is 14.9. The highest BCUT2D eigenvalue weighted by molar-refractivity contribution is 5.48. The van der Waals surface area contributed by atoms with Crippen LogP contribution in [0, 0.1) is 18.7 Å². The zero-order valence-electron chi connectivity index (χ0n) is 13.9. The van der Waals surface area contributed by atoms with E-state index in [0.717, 1.165) is 13.1 Å². The maximum atomic E-state index is 13.4. The first-order chi connectivity index (χ1) is 11.2. The molecule has 3 atom stereocenters. The molecule has 1 heterocycles. The van der Waals surface area contributed by atoms with E-state index < -0.39 is 0 Å². The van der Waals surface area contributed by atoms with Crippen LogP contribution in [0.5, 0.6) is 0 Å². The van der Waals surface area contributed by atoms with Crippen LogP contribution in [-0.4, -0.2) is 24.5 Å². The van der Waals surface area contributed by atoms with Crippen molar-refractivity contribution < 1.29 is 4.39 Å². The number of hydrogen-bond donors (Lipinski definition) is 0. The van der Waals surface area contributed by atoms with Crippen LogP contribution < -0.4 is 0 Å². The van der Waals surface area contributed by atoms with Gasteiger partial charge in [-0.1, -0.05) is 42.8 Å². The van der Waals surface area contributed by atoms with Crippen LogP contribution in [0.1, 0.15) is 47.4 Å². The Balaban J connectivity index is 1.80. The summed E-state index contributed by atoms with van der Waals surface area (Å²) in [5.74, 6) is 1.55. The number of likely N-dealkylation sites (N-methyl/N-ethyl adjacent to an activating group) is 1. The Morgan fingerprint density at radius 2 is 1.87 bits per heavy atom. The summed E-state index contributed by atoms with van der Waals surface area (Å²) in [7, 11) is 0. The number of likely N-dealkylation sites (tertiary alicyclic amines) is 1. The average molecular weight is 309 g/mol. The lowest BCUT2D eigenvalue weighted by atomic mass is 9.78. The van der Waals surface area contributed by atoms with Crippen molar-refractivity contribution in [3.05, 3.63) is 70.5 Å². The van der Waals surface area contributed by atoms with Crippen LogP contribution in [0.2, 0.25) is 0 Å². The van der Waals surface area contributed by atoms with Gasteiger partial charge in [-0.2, -0.15) is 0 Å². The summed E-state index contributed by atoms with van der Waals surface area (Å²) >= 11 is 0. The van der Waals surface area contributed by atoms with Gasteiger partial charge in [0.25, 0.3) is 0 Å². The summed E-state index contributed by atoms with van der Waals surface area (Å²) in [5, 5.41) is 0. The fourth-order valence-corrected chi connectivity index (χ4v) is 4.68. The summed E-state index contributed by atoms with van der Waals surface area (Å²) in [4.78, 5) is 2.57. The highest BCUT2D eigenvalue weighted by Crippen LogP contribution is 2.53. The number of nitrogens with zero attached hydrogens (tertiary/aromatic N) is 1. The lowest BCUT2D eigenvalue weighted by Gasteiger charge is -2.37. The van der Waals surface area contributed by atoms with Crippen LogP contribution >= 0.6 is 0 Å². The second kappa shape index (κ2) is 5.76. The Hall–Kier alpha value is -1.67. The molecule has 1 saturated heterocycles. The highest BCUT2D eigenvalue weighted by atomic mass is 19.1. The van der Waals surface area contributed by atoms with Crippen molar-refractivity contribution in [3.8, 4) is 0 Å². The standard InChI is InChI=1S/C21H24FN/c1-3-23-11-10-18-20(13-23)17-9-4-14(2)12-19(17)21(18)15-5-7-16(22)8-6-15/h4-9,12,18,20-21H,3,10-11,13H2,1-2H3/t18-,20-,21+/m0/s1. The molecule has 2 heteroatoms. The normalized spacial score (nSPS) is 26.8. The quantitative estimate of drug-likeness (QED) is 0.777. The molecule has 2 aromatic carbocycles. The third-order valence-electron chi connectivity index (χ3n) is 5.83. The molecule has 0 bridgehead atoms. The molecule has 0 spiro atoms. The van der Waals surface area contributed by atoms with E-state index in [9.17, 15) is 4.39 Å². The Kier molecular flexibility index (Phi) is 3.73. The summed E-state index contributed by atoms with van der Waals surface area (Å²) in [5.41, 5.74) is 5.59. The van der Waals surface area contributed by atoms with Crippen LogP contribution in [0.15, 0.2) is 42.5 Å². The Morgan fingerprint density at radius 1 is 1.09 bits per heavy atom. The van der Waals surface area contributed by atoms with Crippen molar-refractivity contribution in [2.45, 2.75) is 32.1 Å². The van der Waals surface area contributed by atoms with Crippen molar-refractivity contribution in [3.63, 3.8) is 0 Å². The largest absolute Gasteiger partial charge is 0.303 e. The van der Waals surface area contributed by atoms with Gasteiger partial charge >= 0.3 is 0 Å². The van der Waals surface area contributed by atoms with Gasteiger partial charge in [-0.05, 0) is 61.2 Å². The average Bonchev–Trinajstić information content (AvgIpc) is 2.88. The number of hydrogen-bond acceptors (Lipinski definition) is 1. The number of benzene rings is 2. The fraction of sp³-hybridized carbons (Fsp3) is 0.429. The minimum atomic E-state index is -0.145. The summed E-state index contributed by atoms with van der Waals surface area (Å²) in [6.45, 7) is 7.90. The van der Waals surface area contributed by atoms with E-state index in [-0.39, 0.29) is 5.82 Å². The molecule has 4 rings (SSSR count). The Morgan fingerprint density at radius 3 is 2.61 bits per heavy atom. The molecular weight excluding hydrogens is 285 g/mol. The molecule has 1 aliphatic heterocycles. The van der Waals surface area contributed by atoms with Gasteiger partial charge in [0.2, 0.25) is 0 Å². The predicted octanol–water partition coefficient (Wildman–Crippen LogP) is 4.71. The molecule has 1 aliphatic carbocycles. The predicted molar refractivity (Wildman–Crippen MR) is 92.4 cm³/mol. The third-order valence-corrected chi connectivity index (χ3v) is 5.83. The molecule has 0 N–H and O–H groups in total. The van der Waals surface area contributed by atoms with Crippen molar-refractivity contribution in [1.82, 2.24) is 4.90 Å². The molecule has 120 valence electrons. The summed E-state index contributed by atoms with van der Waals surface area (Å²) < 4.78 is 13.4. The molecule has 0 aromatic heterocycles. The maximum Gasteiger partial charge on any atom is 0.123 e. The minimum absolute atomic E-state index is 0.145. The van der Waals surface area contributed by atoms with E-state index in [1.165, 1.54) is 35.2 Å². The minimum Gasteiger partial charge on any atom is -0.303 e. The molecule has 1 nitrogen and oxygen atoms in total. The van der Waals surface area contributed by atoms with E-state index in [0.29, 0.717) is 17.8 Å². The van der Waals surface area contributed by atoms with E-state index in [1.54, 1.807) is 12.1 Å². The van der Waals surface area contributed by atoms with E-state index >= 15 is 0 Å². The number of piperidine rings is 1. The molecule has 0 unspecified atom stereocenters. The van der Waals surface area contributed by atoms with Crippen molar-refractivity contribution in [2.75, 3.05) is 19.6 Å². The molecule has 2 aromatic rings. The Bertz CT molecular complexity index is 706. The zero-order chi connectivity index (χ0) is 16.0. The van der Waals surface area contributed by atoms with E-state index in [4.69, 9.17) is 0 Å². The first-order valence-electron chi connectivity index (χ1n) is 8.75. The molecule has 2 aliphatic rings. The lowest BCUT2D eigenvalue weighted by molar-refractivity contribution is 0.167. The molecule has 0 amide bonds. The number of fused-ring (bicyclic) bond motifs is 3. The summed E-state index contributed by atoms with van der Waals surface area (Å²) in [6, 6.07) is 14.1. The van der Waals surface area contributed by atoms with Gasteiger partial charge in [-0.25, -0.2) is 4.39 Å². The van der Waals surface area contributed by atoms with Gasteiger partial charge in [0, 0.05) is 18.4 Å². The SMILES string of the molecule is CCN1CC[C@@H]2[C@@H](c3ccc(F)cc3)c3cc(C)ccc3[C@@H]2C1. The number of rotatable bonds is 2. The maximum absolute atomic E-state index is 13.4. The summed E-state index contributed by atoms with van der Waals surface area (Å²) in [6.07, 6.45) is 1.23. The second-order valence-corrected chi connectivity index (χ2v) is 7.11. The smallest absolute Gasteiger partial charge is 0.123 e. The van der Waals surface area contributed by atoms with Gasteiger partial charge in [0.05, 0.1) is 0 Å². The molecule has 23 heavy (non-hydrogen) atoms. The van der Waals surface area contributed by atoms with Gasteiger partial charge in [0.15, 0.2) is 0 Å². The van der Waals surface area contributed by atoms with Crippen molar-refractivity contribution in [2.24, 2.45) is 5.92 Å². The number of halogens is 1. The monoisotopic (exact) mass is 309 g/mol. The van der Waals surface area contributed by atoms with Gasteiger partial charge in [0.1, 0.15) is 5.82 Å². The van der Waals surface area contributed by atoms with Crippen LogP contribution in [-0.2, 0) is 0 Å². The van der Waals surface area contributed by atoms with Crippen molar-refractivity contribution in [1.29, 1.82) is 0 Å².